The zero-order valence-corrected chi connectivity index (χ0v) is 22.0. The number of aliphatic hydroxyl groups excluding tert-OH is 1. The minimum atomic E-state index is -0.626. The number of likely N-dealkylation sites (tertiary alicyclic amines) is 1. The number of aliphatic hydroxyl groups is 1. The number of carbonyl (C=O) groups excluding carboxylic acids is 2. The van der Waals surface area contributed by atoms with Gasteiger partial charge < -0.3 is 25.0 Å². The minimum absolute atomic E-state index is 0.00256. The van der Waals surface area contributed by atoms with Crippen LogP contribution in [0.5, 0.6) is 0 Å². The van der Waals surface area contributed by atoms with E-state index in [-0.39, 0.29) is 24.5 Å². The van der Waals surface area contributed by atoms with Gasteiger partial charge in [0.25, 0.3) is 0 Å². The lowest BCUT2D eigenvalue weighted by molar-refractivity contribution is -0.135. The number of nitrogens with one attached hydrogen (secondary N) is 1. The Morgan fingerprint density at radius 1 is 1.34 bits per heavy atom. The second-order valence-corrected chi connectivity index (χ2v) is 9.41. The maximum Gasteiger partial charge on any atom is 0.246 e. The monoisotopic (exact) mass is 507 g/mol. The van der Waals surface area contributed by atoms with Crippen molar-refractivity contribution in [1.82, 2.24) is 15.1 Å². The molecule has 1 aliphatic rings. The third-order valence-corrected chi connectivity index (χ3v) is 6.55. The van der Waals surface area contributed by atoms with Crippen molar-refractivity contribution in [3.63, 3.8) is 0 Å². The number of benzene rings is 1. The summed E-state index contributed by atoms with van der Waals surface area (Å²) in [4.78, 5) is 28.6. The quantitative estimate of drug-likeness (QED) is 0.264. The summed E-state index contributed by atoms with van der Waals surface area (Å²) in [5.74, 6) is 0.0635. The summed E-state index contributed by atoms with van der Waals surface area (Å²) in [5.41, 5.74) is 0.976. The van der Waals surface area contributed by atoms with Crippen molar-refractivity contribution in [2.75, 3.05) is 45.9 Å². The van der Waals surface area contributed by atoms with Gasteiger partial charge in [0.15, 0.2) is 0 Å². The predicted molar refractivity (Wildman–Crippen MR) is 141 cm³/mol. The lowest BCUT2D eigenvalue weighted by atomic mass is 9.99. The van der Waals surface area contributed by atoms with E-state index in [1.165, 1.54) is 0 Å². The van der Waals surface area contributed by atoms with Crippen molar-refractivity contribution < 1.29 is 19.4 Å². The highest BCUT2D eigenvalue weighted by atomic mass is 35.5. The van der Waals surface area contributed by atoms with Crippen LogP contribution in [0, 0.1) is 0 Å². The van der Waals surface area contributed by atoms with Gasteiger partial charge >= 0.3 is 0 Å². The third kappa shape index (κ3) is 11.6. The number of hydrogen-bond donors (Lipinski definition) is 2. The number of amides is 2. The molecule has 1 aliphatic heterocycles. The van der Waals surface area contributed by atoms with Gasteiger partial charge in [0.2, 0.25) is 11.8 Å². The molecular formula is C27H42ClN3O4. The molecule has 0 radical (unpaired) electrons. The van der Waals surface area contributed by atoms with Gasteiger partial charge in [0, 0.05) is 44.1 Å². The van der Waals surface area contributed by atoms with Crippen LogP contribution in [0.25, 0.3) is 0 Å². The van der Waals surface area contributed by atoms with Crippen molar-refractivity contribution in [2.45, 2.75) is 64.5 Å². The number of unbranched alkanes of at least 4 members (excludes halogenated alkanes) is 1. The molecule has 196 valence electrons. The van der Waals surface area contributed by atoms with Crippen LogP contribution in [0.1, 0.15) is 51.5 Å². The Morgan fingerprint density at radius 2 is 2.14 bits per heavy atom. The van der Waals surface area contributed by atoms with E-state index in [1.807, 2.05) is 35.2 Å². The van der Waals surface area contributed by atoms with Crippen LogP contribution in [0.15, 0.2) is 36.4 Å². The smallest absolute Gasteiger partial charge is 0.246 e. The van der Waals surface area contributed by atoms with Crippen molar-refractivity contribution in [1.29, 1.82) is 0 Å². The number of likely N-dealkylation sites (N-methyl/N-ethyl adjacent to an activating group) is 1. The second kappa shape index (κ2) is 16.7. The molecule has 2 atom stereocenters. The number of piperidine rings is 1. The van der Waals surface area contributed by atoms with Crippen LogP contribution >= 0.6 is 11.6 Å². The van der Waals surface area contributed by atoms with Crippen molar-refractivity contribution >= 4 is 23.4 Å². The predicted octanol–water partition coefficient (Wildman–Crippen LogP) is 3.44. The first-order valence-corrected chi connectivity index (χ1v) is 13.3. The molecule has 2 amide bonds. The molecule has 1 aromatic rings. The molecule has 1 aromatic carbocycles. The van der Waals surface area contributed by atoms with Gasteiger partial charge in [-0.15, -0.1) is 0 Å². The Balaban J connectivity index is 1.67. The molecule has 2 N–H and O–H groups in total. The number of rotatable bonds is 16. The van der Waals surface area contributed by atoms with Crippen LogP contribution in [0.3, 0.4) is 0 Å². The fourth-order valence-corrected chi connectivity index (χ4v) is 4.48. The first-order valence-electron chi connectivity index (χ1n) is 12.9. The summed E-state index contributed by atoms with van der Waals surface area (Å²) in [6.07, 6.45) is 7.54. The van der Waals surface area contributed by atoms with Gasteiger partial charge in [-0.3, -0.25) is 9.59 Å². The summed E-state index contributed by atoms with van der Waals surface area (Å²) in [6.45, 7) is 8.84. The number of ether oxygens (including phenoxy) is 1. The minimum Gasteiger partial charge on any atom is -0.389 e. The summed E-state index contributed by atoms with van der Waals surface area (Å²) in [7, 11) is 0. The molecule has 0 saturated carbocycles. The number of nitrogens with zero attached hydrogens (tertiary/aromatic N) is 2. The van der Waals surface area contributed by atoms with Crippen LogP contribution < -0.4 is 5.32 Å². The summed E-state index contributed by atoms with van der Waals surface area (Å²) in [5, 5.41) is 14.0. The number of hydrogen-bond acceptors (Lipinski definition) is 5. The maximum atomic E-state index is 12.5. The maximum absolute atomic E-state index is 12.5. The first-order chi connectivity index (χ1) is 16.9. The highest BCUT2D eigenvalue weighted by Gasteiger charge is 2.25. The Kier molecular flexibility index (Phi) is 14.0. The van der Waals surface area contributed by atoms with E-state index in [0.29, 0.717) is 37.6 Å². The van der Waals surface area contributed by atoms with Crippen molar-refractivity contribution in [3.05, 3.63) is 47.0 Å². The van der Waals surface area contributed by atoms with Gasteiger partial charge in [-0.1, -0.05) is 49.7 Å². The molecule has 35 heavy (non-hydrogen) atoms. The normalized spacial score (nSPS) is 17.3. The van der Waals surface area contributed by atoms with Crippen LogP contribution in [-0.2, 0) is 20.7 Å². The van der Waals surface area contributed by atoms with Gasteiger partial charge in [0.05, 0.1) is 12.1 Å². The van der Waals surface area contributed by atoms with E-state index in [2.05, 4.69) is 24.1 Å². The Labute approximate surface area is 215 Å². The SMILES string of the molecule is CCN(CC)CCNC(=O)COCCCCN1C(=O)CCC[C@@H]1/C=C/C(O)Cc1cccc(Cl)c1. The van der Waals surface area contributed by atoms with E-state index in [9.17, 15) is 14.7 Å². The molecule has 1 saturated heterocycles. The summed E-state index contributed by atoms with van der Waals surface area (Å²) in [6, 6.07) is 7.49. The van der Waals surface area contributed by atoms with Crippen LogP contribution in [0.4, 0.5) is 0 Å². The lowest BCUT2D eigenvalue weighted by Crippen LogP contribution is -2.43. The van der Waals surface area contributed by atoms with Crippen LogP contribution in [-0.4, -0.2) is 84.8 Å². The van der Waals surface area contributed by atoms with Gasteiger partial charge in [-0.2, -0.15) is 0 Å². The average Bonchev–Trinajstić information content (AvgIpc) is 2.83. The standard InChI is InChI=1S/C27H42ClN3O4/c1-3-30(4-2)17-15-29-26(33)21-35-18-6-5-16-31-24(11-8-12-27(31)34)13-14-25(32)20-22-9-7-10-23(28)19-22/h7,9-10,13-14,19,24-25,32H,3-6,8,11-12,15-18,20-21H2,1-2H3,(H,29,33)/b14-13+/t24-,25?/m1/s1. The van der Waals surface area contributed by atoms with Crippen molar-refractivity contribution in [3.8, 4) is 0 Å². The molecule has 1 unspecified atom stereocenters. The highest BCUT2D eigenvalue weighted by molar-refractivity contribution is 6.30. The fourth-order valence-electron chi connectivity index (χ4n) is 4.26. The molecule has 1 fully saturated rings. The topological polar surface area (TPSA) is 82.1 Å². The molecule has 2 rings (SSSR count). The lowest BCUT2D eigenvalue weighted by Gasteiger charge is -2.34. The van der Waals surface area contributed by atoms with Gasteiger partial charge in [-0.05, 0) is 56.5 Å². The fraction of sp³-hybridized carbons (Fsp3) is 0.630. The number of carbonyl (C=O) groups is 2. The third-order valence-electron chi connectivity index (χ3n) is 6.32. The Hall–Kier alpha value is -1.93. The van der Waals surface area contributed by atoms with Gasteiger partial charge in [0.1, 0.15) is 6.61 Å². The number of halogens is 1. The highest BCUT2D eigenvalue weighted by Crippen LogP contribution is 2.21. The molecule has 8 heteroatoms. The van der Waals surface area contributed by atoms with E-state index in [0.717, 1.165) is 50.9 Å². The molecule has 1 heterocycles. The summed E-state index contributed by atoms with van der Waals surface area (Å²) < 4.78 is 5.51. The van der Waals surface area contributed by atoms with E-state index in [4.69, 9.17) is 16.3 Å². The van der Waals surface area contributed by atoms with E-state index < -0.39 is 6.10 Å². The molecule has 7 nitrogen and oxygen atoms in total. The zero-order valence-electron chi connectivity index (χ0n) is 21.3. The van der Waals surface area contributed by atoms with Crippen LogP contribution in [0.2, 0.25) is 5.02 Å². The molecule has 0 aliphatic carbocycles. The summed E-state index contributed by atoms with van der Waals surface area (Å²) >= 11 is 6.02. The van der Waals surface area contributed by atoms with E-state index >= 15 is 0 Å². The average molecular weight is 508 g/mol. The first kappa shape index (κ1) is 29.3. The molecule has 0 aromatic heterocycles. The van der Waals surface area contributed by atoms with E-state index in [1.54, 1.807) is 6.08 Å². The van der Waals surface area contributed by atoms with Gasteiger partial charge in [-0.25, -0.2) is 0 Å². The second-order valence-electron chi connectivity index (χ2n) is 8.97. The molecular weight excluding hydrogens is 466 g/mol. The zero-order chi connectivity index (χ0) is 25.5. The Bertz CT molecular complexity index is 800. The largest absolute Gasteiger partial charge is 0.389 e. The molecule has 0 bridgehead atoms. The van der Waals surface area contributed by atoms with Crippen molar-refractivity contribution in [2.24, 2.45) is 0 Å². The molecule has 0 spiro atoms. The Morgan fingerprint density at radius 3 is 2.89 bits per heavy atom.